The number of nitrogens with one attached hydrogen (secondary N) is 1. The molecule has 0 atom stereocenters. The van der Waals surface area contributed by atoms with Crippen molar-refractivity contribution in [3.05, 3.63) is 51.8 Å². The van der Waals surface area contributed by atoms with Crippen molar-refractivity contribution in [2.45, 2.75) is 24.0 Å². The zero-order chi connectivity index (χ0) is 23.0. The van der Waals surface area contributed by atoms with E-state index in [1.807, 2.05) is 0 Å². The first-order valence-corrected chi connectivity index (χ1v) is 11.3. The van der Waals surface area contributed by atoms with Gasteiger partial charge in [-0.05, 0) is 37.1 Å². The van der Waals surface area contributed by atoms with Gasteiger partial charge in [-0.2, -0.15) is 4.31 Å². The SMILES string of the molecule is NC(=O)c1ccc(S(=O)(=O)N2CCN(c3ccc(C(=O)NC4CC4)cc3[N+](=O)[O-])CC2)o1. The third kappa shape index (κ3) is 4.29. The average Bonchev–Trinajstić information content (AvgIpc) is 3.42. The maximum Gasteiger partial charge on any atom is 0.293 e. The van der Waals surface area contributed by atoms with Crippen molar-refractivity contribution in [1.82, 2.24) is 9.62 Å². The summed E-state index contributed by atoms with van der Waals surface area (Å²) in [5, 5.41) is 14.0. The van der Waals surface area contributed by atoms with Crippen molar-refractivity contribution < 1.29 is 27.3 Å². The lowest BCUT2D eigenvalue weighted by Gasteiger charge is -2.34. The summed E-state index contributed by atoms with van der Waals surface area (Å²) in [6, 6.07) is 6.76. The van der Waals surface area contributed by atoms with Gasteiger partial charge in [0.1, 0.15) is 5.69 Å². The second-order valence-corrected chi connectivity index (χ2v) is 9.45. The van der Waals surface area contributed by atoms with E-state index in [0.717, 1.165) is 18.9 Å². The minimum Gasteiger partial charge on any atom is -0.438 e. The number of carbonyl (C=O) groups excluding carboxylic acids is 2. The number of nitro benzene ring substituents is 1. The Kier molecular flexibility index (Phi) is 5.60. The van der Waals surface area contributed by atoms with E-state index in [9.17, 15) is 28.1 Å². The molecule has 2 fully saturated rings. The highest BCUT2D eigenvalue weighted by molar-refractivity contribution is 7.89. The number of anilines is 1. The predicted octanol–water partition coefficient (Wildman–Crippen LogP) is 0.690. The fourth-order valence-corrected chi connectivity index (χ4v) is 4.80. The molecule has 1 aromatic heterocycles. The van der Waals surface area contributed by atoms with Crippen molar-refractivity contribution in [3.63, 3.8) is 0 Å². The van der Waals surface area contributed by atoms with E-state index < -0.39 is 25.9 Å². The third-order valence-electron chi connectivity index (χ3n) is 5.34. The van der Waals surface area contributed by atoms with E-state index in [-0.39, 0.29) is 55.1 Å². The zero-order valence-corrected chi connectivity index (χ0v) is 17.7. The lowest BCUT2D eigenvalue weighted by molar-refractivity contribution is -0.384. The Hall–Kier alpha value is -3.45. The molecule has 0 unspecified atom stereocenters. The highest BCUT2D eigenvalue weighted by Crippen LogP contribution is 2.31. The number of rotatable bonds is 7. The largest absolute Gasteiger partial charge is 0.438 e. The van der Waals surface area contributed by atoms with Gasteiger partial charge in [0, 0.05) is 43.9 Å². The standard InChI is InChI=1S/C19H21N5O7S/c20-18(25)16-5-6-17(31-16)32(29,30)23-9-7-22(8-10-23)14-4-1-12(11-15(14)24(27)28)19(26)21-13-2-3-13/h1,4-6,11,13H,2-3,7-10H2,(H2,20,25)(H,21,26). The Morgan fingerprint density at radius 2 is 1.81 bits per heavy atom. The summed E-state index contributed by atoms with van der Waals surface area (Å²) in [6.45, 7) is 0.486. The predicted molar refractivity (Wildman–Crippen MR) is 112 cm³/mol. The second-order valence-electron chi connectivity index (χ2n) is 7.58. The van der Waals surface area contributed by atoms with Crippen LogP contribution < -0.4 is 16.0 Å². The molecule has 1 aromatic carbocycles. The third-order valence-corrected chi connectivity index (χ3v) is 7.12. The van der Waals surface area contributed by atoms with E-state index >= 15 is 0 Å². The summed E-state index contributed by atoms with van der Waals surface area (Å²) in [4.78, 5) is 36.2. The van der Waals surface area contributed by atoms with Crippen LogP contribution in [0.1, 0.15) is 33.8 Å². The maximum atomic E-state index is 12.8. The molecule has 2 heterocycles. The van der Waals surface area contributed by atoms with E-state index in [2.05, 4.69) is 5.32 Å². The number of benzene rings is 1. The van der Waals surface area contributed by atoms with Crippen LogP contribution in [0, 0.1) is 10.1 Å². The van der Waals surface area contributed by atoms with Gasteiger partial charge >= 0.3 is 0 Å². The number of sulfonamides is 1. The summed E-state index contributed by atoms with van der Waals surface area (Å²) < 4.78 is 31.8. The molecule has 1 saturated heterocycles. The topological polar surface area (TPSA) is 169 Å². The van der Waals surface area contributed by atoms with Gasteiger partial charge in [0.05, 0.1) is 4.92 Å². The summed E-state index contributed by atoms with van der Waals surface area (Å²) in [5.74, 6) is -1.49. The number of amides is 2. The van der Waals surface area contributed by atoms with E-state index in [0.29, 0.717) is 5.69 Å². The molecule has 1 aliphatic carbocycles. The first-order chi connectivity index (χ1) is 15.2. The minimum absolute atomic E-state index is 0.0516. The molecule has 3 N–H and O–H groups in total. The van der Waals surface area contributed by atoms with Crippen LogP contribution in [0.2, 0.25) is 0 Å². The number of hydrogen-bond donors (Lipinski definition) is 2. The van der Waals surface area contributed by atoms with Crippen molar-refractivity contribution >= 4 is 33.2 Å². The van der Waals surface area contributed by atoms with Gasteiger partial charge in [0.2, 0.25) is 5.09 Å². The first-order valence-electron chi connectivity index (χ1n) is 9.91. The molecule has 2 aliphatic rings. The van der Waals surface area contributed by atoms with E-state index in [1.165, 1.54) is 28.6 Å². The molecule has 0 bridgehead atoms. The van der Waals surface area contributed by atoms with Crippen LogP contribution in [0.5, 0.6) is 0 Å². The molecular weight excluding hydrogens is 442 g/mol. The normalized spacial score (nSPS) is 17.2. The quantitative estimate of drug-likeness (QED) is 0.446. The monoisotopic (exact) mass is 463 g/mol. The Morgan fingerprint density at radius 3 is 2.38 bits per heavy atom. The molecule has 0 spiro atoms. The van der Waals surface area contributed by atoms with E-state index in [1.54, 1.807) is 4.90 Å². The molecule has 0 radical (unpaired) electrons. The van der Waals surface area contributed by atoms with Crippen molar-refractivity contribution in [1.29, 1.82) is 0 Å². The van der Waals surface area contributed by atoms with Crippen molar-refractivity contribution in [3.8, 4) is 0 Å². The summed E-state index contributed by atoms with van der Waals surface area (Å²) in [6.07, 6.45) is 1.81. The summed E-state index contributed by atoms with van der Waals surface area (Å²) in [5.41, 5.74) is 5.39. The molecule has 12 nitrogen and oxygen atoms in total. The Balaban J connectivity index is 1.49. The maximum absolute atomic E-state index is 12.8. The Labute approximate surface area is 183 Å². The van der Waals surface area contributed by atoms with Crippen molar-refractivity contribution in [2.24, 2.45) is 5.73 Å². The van der Waals surface area contributed by atoms with E-state index in [4.69, 9.17) is 10.2 Å². The molecule has 13 heteroatoms. The number of nitrogens with zero attached hydrogens (tertiary/aromatic N) is 3. The summed E-state index contributed by atoms with van der Waals surface area (Å²) in [7, 11) is -3.98. The molecule has 4 rings (SSSR count). The first kappa shape index (κ1) is 21.8. The van der Waals surface area contributed by atoms with Gasteiger partial charge in [0.15, 0.2) is 5.76 Å². The Bertz CT molecular complexity index is 1180. The molecule has 2 amide bonds. The number of furan rings is 1. The number of nitrogens with two attached hydrogens (primary N) is 1. The molecule has 1 aliphatic heterocycles. The highest BCUT2D eigenvalue weighted by atomic mass is 32.2. The van der Waals surface area contributed by atoms with Gasteiger partial charge in [-0.25, -0.2) is 8.42 Å². The van der Waals surface area contributed by atoms with Gasteiger partial charge in [-0.1, -0.05) is 0 Å². The van der Waals surface area contributed by atoms with Crippen LogP contribution >= 0.6 is 0 Å². The van der Waals surface area contributed by atoms with Crippen molar-refractivity contribution in [2.75, 3.05) is 31.1 Å². The molecule has 170 valence electrons. The molecule has 32 heavy (non-hydrogen) atoms. The summed E-state index contributed by atoms with van der Waals surface area (Å²) >= 11 is 0. The zero-order valence-electron chi connectivity index (χ0n) is 16.9. The van der Waals surface area contributed by atoms with Gasteiger partial charge in [-0.15, -0.1) is 0 Å². The Morgan fingerprint density at radius 1 is 1.12 bits per heavy atom. The van der Waals surface area contributed by atoms with Crippen LogP contribution in [0.25, 0.3) is 0 Å². The molecule has 1 saturated carbocycles. The number of carbonyl (C=O) groups is 2. The smallest absolute Gasteiger partial charge is 0.293 e. The number of nitro groups is 1. The lowest BCUT2D eigenvalue weighted by atomic mass is 10.1. The van der Waals surface area contributed by atoms with Crippen LogP contribution in [0.4, 0.5) is 11.4 Å². The highest BCUT2D eigenvalue weighted by Gasteiger charge is 2.33. The van der Waals surface area contributed by atoms with Crippen LogP contribution in [0.15, 0.2) is 39.8 Å². The molecular formula is C19H21N5O7S. The number of primary amides is 1. The van der Waals surface area contributed by atoms with Crippen LogP contribution in [0.3, 0.4) is 0 Å². The average molecular weight is 463 g/mol. The molecule has 2 aromatic rings. The van der Waals surface area contributed by atoms with Crippen LogP contribution in [-0.2, 0) is 10.0 Å². The van der Waals surface area contributed by atoms with Crippen LogP contribution in [-0.4, -0.2) is 61.7 Å². The van der Waals surface area contributed by atoms with Gasteiger partial charge < -0.3 is 20.4 Å². The number of hydrogen-bond acceptors (Lipinski definition) is 8. The number of piperazine rings is 1. The van der Waals surface area contributed by atoms with Gasteiger partial charge in [0.25, 0.3) is 27.5 Å². The fourth-order valence-electron chi connectivity index (χ4n) is 3.46. The van der Waals surface area contributed by atoms with Gasteiger partial charge in [-0.3, -0.25) is 19.7 Å². The lowest BCUT2D eigenvalue weighted by Crippen LogP contribution is -2.48. The fraction of sp³-hybridized carbons (Fsp3) is 0.368. The minimum atomic E-state index is -3.98. The second kappa shape index (κ2) is 8.24.